The Morgan fingerprint density at radius 3 is 2.50 bits per heavy atom. The van der Waals surface area contributed by atoms with Crippen LogP contribution in [0.4, 0.5) is 14.5 Å². The maximum absolute atomic E-state index is 14.7. The molecule has 38 heavy (non-hydrogen) atoms. The van der Waals surface area contributed by atoms with Crippen LogP contribution < -0.4 is 10.2 Å². The first-order valence-electron chi connectivity index (χ1n) is 13.2. The fraction of sp³-hybridized carbons (Fsp3) is 0.741. The van der Waals surface area contributed by atoms with Crippen molar-refractivity contribution in [3.8, 4) is 0 Å². The number of fused-ring (bicyclic) bond motifs is 1. The van der Waals surface area contributed by atoms with Gasteiger partial charge in [0.2, 0.25) is 11.8 Å². The summed E-state index contributed by atoms with van der Waals surface area (Å²) in [6.07, 6.45) is 2.14. The molecule has 2 fully saturated rings. The molecule has 1 aromatic rings. The largest absolute Gasteiger partial charge is 0.341 e. The molecule has 4 heterocycles. The third-order valence-corrected chi connectivity index (χ3v) is 7.79. The Hall–Kier alpha value is -1.55. The summed E-state index contributed by atoms with van der Waals surface area (Å²) in [6, 6.07) is 1.64. The first-order valence-corrected chi connectivity index (χ1v) is 13.2. The van der Waals surface area contributed by atoms with Gasteiger partial charge < -0.3 is 15.1 Å². The maximum Gasteiger partial charge on any atom is 0.289 e. The van der Waals surface area contributed by atoms with Crippen LogP contribution in [0.15, 0.2) is 12.3 Å². The highest BCUT2D eigenvalue weighted by Crippen LogP contribution is 2.43. The number of anilines is 1. The number of rotatable bonds is 7. The molecule has 1 aromatic heterocycles. The van der Waals surface area contributed by atoms with E-state index in [4.69, 9.17) is 0 Å². The molecule has 4 rings (SSSR count). The Balaban J connectivity index is 0.00000253. The summed E-state index contributed by atoms with van der Waals surface area (Å²) in [4.78, 5) is 36.1. The van der Waals surface area contributed by atoms with Crippen LogP contribution in [0.25, 0.3) is 0 Å². The number of hydrogen-bond acceptors (Lipinski definition) is 5. The molecule has 2 amide bonds. The van der Waals surface area contributed by atoms with Crippen LogP contribution in [0.2, 0.25) is 0 Å². The standard InChI is InChI=1S/C27H41F2N5O2.2ClH/c1-7-8-27(28,29)22-9-21-20(12-31-22)26(5,6)17-34(21)24(36)15-32-13-18(2)30-11-19(32)14-33-16-25(3,4)10-23(33)35;;/h9,12,18-19,30H,7-8,10-11,13-17H2,1-6H3;2*1H/t18-,19-;;/m1../s1. The first kappa shape index (κ1) is 32.7. The first-order chi connectivity index (χ1) is 16.7. The number of piperazine rings is 1. The van der Waals surface area contributed by atoms with E-state index in [0.717, 1.165) is 12.1 Å². The summed E-state index contributed by atoms with van der Waals surface area (Å²) in [6.45, 7) is 15.3. The molecule has 0 unspecified atom stereocenters. The van der Waals surface area contributed by atoms with Crippen LogP contribution in [0.3, 0.4) is 0 Å². The number of likely N-dealkylation sites (tertiary alicyclic amines) is 1. The van der Waals surface area contributed by atoms with Gasteiger partial charge in [0.05, 0.1) is 12.2 Å². The lowest BCUT2D eigenvalue weighted by molar-refractivity contribution is -0.128. The quantitative estimate of drug-likeness (QED) is 0.521. The van der Waals surface area contributed by atoms with Crippen molar-refractivity contribution in [2.75, 3.05) is 44.2 Å². The highest BCUT2D eigenvalue weighted by molar-refractivity contribution is 5.97. The van der Waals surface area contributed by atoms with E-state index in [1.807, 2.05) is 18.7 Å². The summed E-state index contributed by atoms with van der Waals surface area (Å²) < 4.78 is 29.4. The van der Waals surface area contributed by atoms with Gasteiger partial charge in [-0.25, -0.2) is 0 Å². The second-order valence-electron chi connectivity index (χ2n) is 12.4. The van der Waals surface area contributed by atoms with Crippen LogP contribution in [-0.2, 0) is 20.9 Å². The van der Waals surface area contributed by atoms with Crippen LogP contribution in [0.5, 0.6) is 0 Å². The van der Waals surface area contributed by atoms with Crippen LogP contribution in [0, 0.1) is 5.41 Å². The summed E-state index contributed by atoms with van der Waals surface area (Å²) in [5.74, 6) is -2.97. The van der Waals surface area contributed by atoms with E-state index in [9.17, 15) is 18.4 Å². The predicted octanol–water partition coefficient (Wildman–Crippen LogP) is 4.36. The highest BCUT2D eigenvalue weighted by Gasteiger charge is 2.43. The van der Waals surface area contributed by atoms with Gasteiger partial charge in [0.1, 0.15) is 5.69 Å². The third-order valence-electron chi connectivity index (χ3n) is 7.79. The minimum atomic E-state index is -3.03. The number of pyridine rings is 1. The number of carbonyl (C=O) groups excluding carboxylic acids is 2. The molecule has 0 bridgehead atoms. The monoisotopic (exact) mass is 577 g/mol. The van der Waals surface area contributed by atoms with Gasteiger partial charge in [-0.15, -0.1) is 24.8 Å². The van der Waals surface area contributed by atoms with Crippen LogP contribution >= 0.6 is 24.8 Å². The average Bonchev–Trinajstić information content (AvgIpc) is 3.20. The van der Waals surface area contributed by atoms with Gasteiger partial charge in [-0.3, -0.25) is 19.5 Å². The van der Waals surface area contributed by atoms with E-state index in [1.165, 1.54) is 12.3 Å². The van der Waals surface area contributed by atoms with E-state index >= 15 is 0 Å². The Labute approximate surface area is 237 Å². The summed E-state index contributed by atoms with van der Waals surface area (Å²) in [5.41, 5.74) is 0.676. The molecule has 0 saturated carbocycles. The maximum atomic E-state index is 14.7. The number of amides is 2. The van der Waals surface area contributed by atoms with Gasteiger partial charge >= 0.3 is 0 Å². The zero-order valence-electron chi connectivity index (χ0n) is 23.4. The Morgan fingerprint density at radius 1 is 1.21 bits per heavy atom. The molecule has 2 saturated heterocycles. The zero-order chi connectivity index (χ0) is 26.5. The number of halogens is 4. The lowest BCUT2D eigenvalue weighted by atomic mass is 9.88. The molecular weight excluding hydrogens is 535 g/mol. The molecule has 216 valence electrons. The number of nitrogens with zero attached hydrogens (tertiary/aromatic N) is 4. The molecule has 3 aliphatic heterocycles. The summed E-state index contributed by atoms with van der Waals surface area (Å²) >= 11 is 0. The second-order valence-corrected chi connectivity index (χ2v) is 12.4. The van der Waals surface area contributed by atoms with Crippen molar-refractivity contribution >= 4 is 42.3 Å². The molecule has 11 heteroatoms. The highest BCUT2D eigenvalue weighted by atomic mass is 35.5. The van der Waals surface area contributed by atoms with Crippen molar-refractivity contribution in [1.29, 1.82) is 0 Å². The fourth-order valence-corrected chi connectivity index (χ4v) is 5.89. The molecule has 0 radical (unpaired) electrons. The minimum Gasteiger partial charge on any atom is -0.341 e. The zero-order valence-corrected chi connectivity index (χ0v) is 25.0. The van der Waals surface area contributed by atoms with Crippen molar-refractivity contribution in [2.24, 2.45) is 5.41 Å². The molecular formula is C27H43Cl2F2N5O2. The smallest absolute Gasteiger partial charge is 0.289 e. The Morgan fingerprint density at radius 2 is 1.89 bits per heavy atom. The normalized spacial score (nSPS) is 24.6. The molecule has 0 spiro atoms. The molecule has 0 aliphatic carbocycles. The lowest BCUT2D eigenvalue weighted by Gasteiger charge is -2.41. The van der Waals surface area contributed by atoms with Crippen LogP contribution in [0.1, 0.15) is 72.1 Å². The van der Waals surface area contributed by atoms with E-state index in [-0.39, 0.29) is 78.2 Å². The van der Waals surface area contributed by atoms with E-state index in [1.54, 1.807) is 11.8 Å². The van der Waals surface area contributed by atoms with E-state index in [0.29, 0.717) is 44.7 Å². The minimum absolute atomic E-state index is 0. The van der Waals surface area contributed by atoms with Crippen molar-refractivity contribution in [3.05, 3.63) is 23.5 Å². The predicted molar refractivity (Wildman–Crippen MR) is 151 cm³/mol. The van der Waals surface area contributed by atoms with Gasteiger partial charge in [-0.1, -0.05) is 41.0 Å². The second kappa shape index (κ2) is 11.9. The summed E-state index contributed by atoms with van der Waals surface area (Å²) in [5, 5.41) is 3.48. The van der Waals surface area contributed by atoms with Gasteiger partial charge in [0, 0.05) is 74.8 Å². The van der Waals surface area contributed by atoms with E-state index in [2.05, 4.69) is 36.0 Å². The number of nitrogens with one attached hydrogen (secondary N) is 1. The average molecular weight is 579 g/mol. The molecule has 0 aromatic carbocycles. The van der Waals surface area contributed by atoms with Crippen molar-refractivity contribution in [1.82, 2.24) is 20.1 Å². The van der Waals surface area contributed by atoms with Crippen molar-refractivity contribution < 1.29 is 18.4 Å². The van der Waals surface area contributed by atoms with E-state index < -0.39 is 5.92 Å². The molecule has 7 nitrogen and oxygen atoms in total. The van der Waals surface area contributed by atoms with Gasteiger partial charge in [0.25, 0.3) is 5.92 Å². The van der Waals surface area contributed by atoms with Gasteiger partial charge in [-0.2, -0.15) is 8.78 Å². The number of aromatic nitrogens is 1. The molecule has 2 atom stereocenters. The summed E-state index contributed by atoms with van der Waals surface area (Å²) in [7, 11) is 0. The number of hydrogen-bond donors (Lipinski definition) is 1. The Bertz CT molecular complexity index is 1020. The molecule has 1 N–H and O–H groups in total. The molecule has 3 aliphatic rings. The van der Waals surface area contributed by atoms with Crippen molar-refractivity contribution in [3.63, 3.8) is 0 Å². The topological polar surface area (TPSA) is 68.8 Å². The van der Waals surface area contributed by atoms with Gasteiger partial charge in [0.15, 0.2) is 0 Å². The fourth-order valence-electron chi connectivity index (χ4n) is 5.89. The number of carbonyl (C=O) groups is 2. The third kappa shape index (κ3) is 6.77. The lowest BCUT2D eigenvalue weighted by Crippen LogP contribution is -2.61. The Kier molecular flexibility index (Phi) is 10.2. The SMILES string of the molecule is CCCC(F)(F)c1cc2c(cn1)C(C)(C)CN2C(=O)CN1C[C@@H](C)NC[C@@H]1CN1CC(C)(C)CC1=O.Cl.Cl. The van der Waals surface area contributed by atoms with Gasteiger partial charge in [-0.05, 0) is 18.4 Å². The van der Waals surface area contributed by atoms with Crippen LogP contribution in [-0.4, -0.2) is 78.0 Å². The number of alkyl halides is 2. The van der Waals surface area contributed by atoms with Crippen molar-refractivity contribution in [2.45, 2.75) is 84.2 Å².